The van der Waals surface area contributed by atoms with Crippen molar-refractivity contribution in [2.24, 2.45) is 7.05 Å². The van der Waals surface area contributed by atoms with Crippen molar-refractivity contribution in [1.82, 2.24) is 19.9 Å². The van der Waals surface area contributed by atoms with Gasteiger partial charge in [0.25, 0.3) is 0 Å². The minimum absolute atomic E-state index is 0.384. The van der Waals surface area contributed by atoms with Crippen molar-refractivity contribution in [2.75, 3.05) is 6.54 Å². The Morgan fingerprint density at radius 2 is 2.44 bits per heavy atom. The number of hydrogen-bond acceptors (Lipinski definition) is 3. The smallest absolute Gasteiger partial charge is 0.0949 e. The van der Waals surface area contributed by atoms with E-state index >= 15 is 0 Å². The number of hydrogen-bond donors (Lipinski definition) is 1. The molecule has 3 heterocycles. The third kappa shape index (κ3) is 2.16. The second-order valence-corrected chi connectivity index (χ2v) is 4.84. The second kappa shape index (κ2) is 4.90. The largest absolute Gasteiger partial charge is 0.337 e. The van der Waals surface area contributed by atoms with Gasteiger partial charge in [-0.05, 0) is 24.5 Å². The molecule has 2 aromatic heterocycles. The molecule has 1 aliphatic rings. The van der Waals surface area contributed by atoms with Gasteiger partial charge in [0.15, 0.2) is 0 Å². The van der Waals surface area contributed by atoms with E-state index in [1.807, 2.05) is 24.8 Å². The zero-order valence-electron chi connectivity index (χ0n) is 10.6. The number of pyridine rings is 1. The molecular weight excluding hydrogens is 224 g/mol. The second-order valence-electron chi connectivity index (χ2n) is 4.84. The van der Waals surface area contributed by atoms with Gasteiger partial charge in [0.1, 0.15) is 0 Å². The number of fused-ring (bicyclic) bond motifs is 1. The molecule has 1 unspecified atom stereocenters. The molecule has 0 fully saturated rings. The van der Waals surface area contributed by atoms with Crippen molar-refractivity contribution in [3.05, 3.63) is 47.8 Å². The van der Waals surface area contributed by atoms with Crippen LogP contribution in [0.4, 0.5) is 0 Å². The summed E-state index contributed by atoms with van der Waals surface area (Å²) >= 11 is 0. The molecule has 0 saturated carbocycles. The van der Waals surface area contributed by atoms with Crippen LogP contribution < -0.4 is 5.32 Å². The average molecular weight is 242 g/mol. The first-order valence-electron chi connectivity index (χ1n) is 6.47. The number of aromatic nitrogens is 3. The standard InChI is InChI=1S/C14H18N4/c1-18-10-17-14-12(16-8-6-13(14)18)5-4-11-3-2-7-15-9-11/h2-3,7,9-10,12,16H,4-6,8H2,1H3. The molecule has 0 saturated heterocycles. The first-order chi connectivity index (χ1) is 8.84. The van der Waals surface area contributed by atoms with Gasteiger partial charge in [-0.3, -0.25) is 4.98 Å². The molecule has 3 rings (SSSR count). The summed E-state index contributed by atoms with van der Waals surface area (Å²) in [5, 5.41) is 3.56. The molecule has 0 bridgehead atoms. The Kier molecular flexibility index (Phi) is 3.11. The van der Waals surface area contributed by atoms with Gasteiger partial charge >= 0.3 is 0 Å². The van der Waals surface area contributed by atoms with Gasteiger partial charge in [-0.15, -0.1) is 0 Å². The maximum Gasteiger partial charge on any atom is 0.0949 e. The summed E-state index contributed by atoms with van der Waals surface area (Å²) in [6, 6.07) is 4.51. The Hall–Kier alpha value is -1.68. The van der Waals surface area contributed by atoms with Gasteiger partial charge in [0.05, 0.1) is 18.1 Å². The number of aryl methyl sites for hydroxylation is 2. The summed E-state index contributed by atoms with van der Waals surface area (Å²) in [4.78, 5) is 8.69. The van der Waals surface area contributed by atoms with E-state index in [-0.39, 0.29) is 0 Å². The van der Waals surface area contributed by atoms with Gasteiger partial charge in [-0.1, -0.05) is 6.07 Å². The minimum atomic E-state index is 0.384. The van der Waals surface area contributed by atoms with Crippen LogP contribution in [0.1, 0.15) is 29.4 Å². The Morgan fingerprint density at radius 3 is 3.28 bits per heavy atom. The Morgan fingerprint density at radius 1 is 1.50 bits per heavy atom. The molecule has 4 nitrogen and oxygen atoms in total. The fraction of sp³-hybridized carbons (Fsp3) is 0.429. The number of imidazole rings is 1. The summed E-state index contributed by atoms with van der Waals surface area (Å²) in [5.41, 5.74) is 3.90. The van der Waals surface area contributed by atoms with E-state index in [4.69, 9.17) is 0 Å². The van der Waals surface area contributed by atoms with Crippen LogP contribution in [0.5, 0.6) is 0 Å². The fourth-order valence-corrected chi connectivity index (χ4v) is 2.63. The molecule has 1 N–H and O–H groups in total. The molecular formula is C14H18N4. The first-order valence-corrected chi connectivity index (χ1v) is 6.47. The van der Waals surface area contributed by atoms with Crippen molar-refractivity contribution in [2.45, 2.75) is 25.3 Å². The summed E-state index contributed by atoms with van der Waals surface area (Å²) < 4.78 is 2.15. The van der Waals surface area contributed by atoms with E-state index in [0.29, 0.717) is 6.04 Å². The van der Waals surface area contributed by atoms with Crippen LogP contribution in [0.15, 0.2) is 30.9 Å². The Balaban J connectivity index is 1.71. The molecule has 4 heteroatoms. The highest BCUT2D eigenvalue weighted by molar-refractivity contribution is 5.21. The normalized spacial score (nSPS) is 18.6. The van der Waals surface area contributed by atoms with Gasteiger partial charge in [0.2, 0.25) is 0 Å². The van der Waals surface area contributed by atoms with E-state index in [1.54, 1.807) is 0 Å². The van der Waals surface area contributed by atoms with Crippen LogP contribution in [0, 0.1) is 0 Å². The number of nitrogens with one attached hydrogen (secondary N) is 1. The highest BCUT2D eigenvalue weighted by Crippen LogP contribution is 2.24. The van der Waals surface area contributed by atoms with Crippen LogP contribution in [-0.2, 0) is 19.9 Å². The maximum absolute atomic E-state index is 4.53. The molecule has 0 spiro atoms. The lowest BCUT2D eigenvalue weighted by molar-refractivity contribution is 0.460. The zero-order valence-corrected chi connectivity index (χ0v) is 10.6. The minimum Gasteiger partial charge on any atom is -0.337 e. The maximum atomic E-state index is 4.53. The van der Waals surface area contributed by atoms with Crippen molar-refractivity contribution in [1.29, 1.82) is 0 Å². The van der Waals surface area contributed by atoms with Gasteiger partial charge < -0.3 is 9.88 Å². The lowest BCUT2D eigenvalue weighted by Gasteiger charge is -2.23. The number of nitrogens with zero attached hydrogens (tertiary/aromatic N) is 3. The highest BCUT2D eigenvalue weighted by atomic mass is 15.1. The van der Waals surface area contributed by atoms with Crippen molar-refractivity contribution in [3.8, 4) is 0 Å². The summed E-state index contributed by atoms with van der Waals surface area (Å²) in [6.07, 6.45) is 8.89. The first kappa shape index (κ1) is 11.4. The zero-order chi connectivity index (χ0) is 12.4. The topological polar surface area (TPSA) is 42.7 Å². The summed E-state index contributed by atoms with van der Waals surface area (Å²) in [5.74, 6) is 0. The molecule has 0 aliphatic carbocycles. The molecule has 1 aliphatic heterocycles. The van der Waals surface area contributed by atoms with Crippen molar-refractivity contribution >= 4 is 0 Å². The SMILES string of the molecule is Cn1cnc2c1CCNC2CCc1cccnc1. The van der Waals surface area contributed by atoms with Gasteiger partial charge in [-0.2, -0.15) is 0 Å². The molecule has 1 atom stereocenters. The van der Waals surface area contributed by atoms with E-state index in [2.05, 4.69) is 33.0 Å². The molecule has 0 amide bonds. The van der Waals surface area contributed by atoms with Crippen LogP contribution >= 0.6 is 0 Å². The third-order valence-electron chi connectivity index (χ3n) is 3.62. The van der Waals surface area contributed by atoms with Crippen LogP contribution in [0.2, 0.25) is 0 Å². The highest BCUT2D eigenvalue weighted by Gasteiger charge is 2.23. The molecule has 18 heavy (non-hydrogen) atoms. The Bertz CT molecular complexity index is 518. The Labute approximate surface area is 107 Å². The average Bonchev–Trinajstić information content (AvgIpc) is 2.80. The lowest BCUT2D eigenvalue weighted by Crippen LogP contribution is -2.31. The molecule has 2 aromatic rings. The van der Waals surface area contributed by atoms with Crippen LogP contribution in [0.25, 0.3) is 0 Å². The predicted octanol–water partition coefficient (Wildman–Crippen LogP) is 1.63. The predicted molar refractivity (Wildman–Crippen MR) is 70.2 cm³/mol. The number of rotatable bonds is 3. The third-order valence-corrected chi connectivity index (χ3v) is 3.62. The van der Waals surface area contributed by atoms with Gasteiger partial charge in [0, 0.05) is 38.1 Å². The van der Waals surface area contributed by atoms with Crippen molar-refractivity contribution < 1.29 is 0 Å². The monoisotopic (exact) mass is 242 g/mol. The summed E-state index contributed by atoms with van der Waals surface area (Å²) in [7, 11) is 2.08. The van der Waals surface area contributed by atoms with Crippen LogP contribution in [0.3, 0.4) is 0 Å². The molecule has 94 valence electrons. The van der Waals surface area contributed by atoms with Crippen LogP contribution in [-0.4, -0.2) is 21.1 Å². The summed E-state index contributed by atoms with van der Waals surface area (Å²) in [6.45, 7) is 1.05. The molecule has 0 aromatic carbocycles. The van der Waals surface area contributed by atoms with Crippen molar-refractivity contribution in [3.63, 3.8) is 0 Å². The lowest BCUT2D eigenvalue weighted by atomic mass is 9.99. The fourth-order valence-electron chi connectivity index (χ4n) is 2.63. The van der Waals surface area contributed by atoms with E-state index < -0.39 is 0 Å². The van der Waals surface area contributed by atoms with E-state index in [9.17, 15) is 0 Å². The van der Waals surface area contributed by atoms with E-state index in [0.717, 1.165) is 25.8 Å². The quantitative estimate of drug-likeness (QED) is 0.889. The van der Waals surface area contributed by atoms with Gasteiger partial charge in [-0.25, -0.2) is 4.98 Å². The van der Waals surface area contributed by atoms with E-state index in [1.165, 1.54) is 17.0 Å². The molecule has 0 radical (unpaired) electrons.